The van der Waals surface area contributed by atoms with Crippen molar-refractivity contribution < 1.29 is 17.9 Å². The summed E-state index contributed by atoms with van der Waals surface area (Å²) in [5.41, 5.74) is 1.71. The monoisotopic (exact) mass is 440 g/mol. The van der Waals surface area contributed by atoms with Gasteiger partial charge in [-0.15, -0.1) is 0 Å². The van der Waals surface area contributed by atoms with Crippen LogP contribution >= 0.6 is 15.9 Å². The fourth-order valence-electron chi connectivity index (χ4n) is 4.00. The molecule has 0 aromatic heterocycles. The number of rotatable bonds is 3. The summed E-state index contributed by atoms with van der Waals surface area (Å²) >= 11 is 3.46. The van der Waals surface area contributed by atoms with E-state index in [1.807, 2.05) is 18.2 Å². The van der Waals surface area contributed by atoms with Crippen molar-refractivity contribution in [2.75, 3.05) is 18.5 Å². The Bertz CT molecular complexity index is 936. The first-order valence-electron chi connectivity index (χ1n) is 8.36. The lowest BCUT2D eigenvalue weighted by molar-refractivity contribution is 0.210. The molecule has 26 heavy (non-hydrogen) atoms. The van der Waals surface area contributed by atoms with Crippen molar-refractivity contribution in [3.05, 3.63) is 58.3 Å². The van der Waals surface area contributed by atoms with Gasteiger partial charge in [0.25, 0.3) is 0 Å². The molecule has 1 fully saturated rings. The molecule has 2 aromatic rings. The van der Waals surface area contributed by atoms with E-state index in [0.717, 1.165) is 27.9 Å². The predicted octanol–water partition coefficient (Wildman–Crippen LogP) is 3.13. The number of fused-ring (bicyclic) bond motifs is 3. The largest absolute Gasteiger partial charge is 0.394 e. The highest BCUT2D eigenvalue weighted by atomic mass is 79.9. The van der Waals surface area contributed by atoms with Crippen molar-refractivity contribution in [3.63, 3.8) is 0 Å². The topological polar surface area (TPSA) is 69.6 Å². The summed E-state index contributed by atoms with van der Waals surface area (Å²) in [5, 5.41) is 13.1. The number of aliphatic hydroxyl groups is 1. The summed E-state index contributed by atoms with van der Waals surface area (Å²) in [4.78, 5) is 0.0789. The van der Waals surface area contributed by atoms with Gasteiger partial charge in [-0.25, -0.2) is 12.8 Å². The van der Waals surface area contributed by atoms with Gasteiger partial charge in [0.05, 0.1) is 23.6 Å². The normalized spacial score (nSPS) is 25.4. The average Bonchev–Trinajstić information content (AvgIpc) is 3.08. The van der Waals surface area contributed by atoms with Crippen molar-refractivity contribution >= 4 is 31.6 Å². The van der Waals surface area contributed by atoms with Crippen LogP contribution < -0.4 is 5.32 Å². The average molecular weight is 441 g/mol. The van der Waals surface area contributed by atoms with Crippen LogP contribution in [-0.4, -0.2) is 37.0 Å². The minimum absolute atomic E-state index is 0.0305. The van der Waals surface area contributed by atoms with Crippen LogP contribution in [0.1, 0.15) is 18.0 Å². The third-order valence-corrected chi connectivity index (χ3v) is 7.59. The van der Waals surface area contributed by atoms with Gasteiger partial charge in [0, 0.05) is 22.6 Å². The second-order valence-corrected chi connectivity index (χ2v) is 9.44. The molecule has 2 aromatic carbocycles. The number of sulfonamides is 1. The number of hydrogen-bond donors (Lipinski definition) is 2. The Kier molecular flexibility index (Phi) is 4.54. The van der Waals surface area contributed by atoms with Crippen LogP contribution in [0.15, 0.2) is 51.8 Å². The quantitative estimate of drug-likeness (QED) is 0.768. The highest BCUT2D eigenvalue weighted by Crippen LogP contribution is 2.48. The van der Waals surface area contributed by atoms with Gasteiger partial charge < -0.3 is 10.4 Å². The molecule has 2 heterocycles. The molecule has 2 N–H and O–H groups in total. The Morgan fingerprint density at radius 2 is 1.96 bits per heavy atom. The van der Waals surface area contributed by atoms with Gasteiger partial charge in [0.15, 0.2) is 0 Å². The molecule has 0 spiro atoms. The van der Waals surface area contributed by atoms with Crippen LogP contribution in [0.25, 0.3) is 0 Å². The summed E-state index contributed by atoms with van der Waals surface area (Å²) in [5.74, 6) is -0.503. The van der Waals surface area contributed by atoms with Crippen molar-refractivity contribution in [1.29, 1.82) is 0 Å². The number of benzene rings is 2. The van der Waals surface area contributed by atoms with Crippen LogP contribution in [0.2, 0.25) is 0 Å². The standard InChI is InChI=1S/C18H18BrFN2O3S/c19-11-1-6-16-15(9-11)18-14(17(10-23)21-16)7-8-22(18)26(24,25)13-4-2-12(20)3-5-13/h1-6,9,14,17-18,21,23H,7-8,10H2/t14-,17-,18-/m1/s1. The number of halogens is 2. The molecule has 0 radical (unpaired) electrons. The van der Waals surface area contributed by atoms with Gasteiger partial charge >= 0.3 is 0 Å². The van der Waals surface area contributed by atoms with Gasteiger partial charge in [0.2, 0.25) is 10.0 Å². The van der Waals surface area contributed by atoms with E-state index in [1.165, 1.54) is 16.4 Å². The SMILES string of the molecule is O=S(=O)(c1ccc(F)cc1)N1CC[C@@H]2[C@@H](CO)Nc3ccc(Br)cc3[C@@H]21. The molecule has 8 heteroatoms. The first-order chi connectivity index (χ1) is 12.4. The molecule has 0 amide bonds. The third kappa shape index (κ3) is 2.85. The summed E-state index contributed by atoms with van der Waals surface area (Å²) in [6.07, 6.45) is 0.648. The Morgan fingerprint density at radius 3 is 2.65 bits per heavy atom. The fraction of sp³-hybridized carbons (Fsp3) is 0.333. The third-order valence-electron chi connectivity index (χ3n) is 5.21. The zero-order valence-corrected chi connectivity index (χ0v) is 16.2. The Hall–Kier alpha value is -1.48. The number of aliphatic hydroxyl groups excluding tert-OH is 1. The number of nitrogens with one attached hydrogen (secondary N) is 1. The minimum Gasteiger partial charge on any atom is -0.394 e. The maximum Gasteiger partial charge on any atom is 0.243 e. The molecule has 2 aliphatic heterocycles. The van der Waals surface area contributed by atoms with Crippen LogP contribution in [0, 0.1) is 11.7 Å². The van der Waals surface area contributed by atoms with E-state index in [4.69, 9.17) is 0 Å². The van der Waals surface area contributed by atoms with Crippen LogP contribution in [-0.2, 0) is 10.0 Å². The molecule has 5 nitrogen and oxygen atoms in total. The molecule has 4 rings (SSSR count). The second kappa shape index (κ2) is 6.60. The molecule has 0 unspecified atom stereocenters. The molecule has 138 valence electrons. The van der Waals surface area contributed by atoms with Gasteiger partial charge in [-0.05, 0) is 54.4 Å². The van der Waals surface area contributed by atoms with Crippen molar-refractivity contribution in [2.45, 2.75) is 23.4 Å². The first kappa shape index (κ1) is 17.9. The van der Waals surface area contributed by atoms with Crippen LogP contribution in [0.3, 0.4) is 0 Å². The first-order valence-corrected chi connectivity index (χ1v) is 10.6. The molecule has 0 bridgehead atoms. The van der Waals surface area contributed by atoms with E-state index in [-0.39, 0.29) is 29.5 Å². The zero-order valence-electron chi connectivity index (χ0n) is 13.8. The molecule has 0 saturated carbocycles. The number of anilines is 1. The smallest absolute Gasteiger partial charge is 0.243 e. The molecule has 2 aliphatic rings. The Balaban J connectivity index is 1.81. The van der Waals surface area contributed by atoms with E-state index in [9.17, 15) is 17.9 Å². The van der Waals surface area contributed by atoms with E-state index in [2.05, 4.69) is 21.2 Å². The highest BCUT2D eigenvalue weighted by molar-refractivity contribution is 9.10. The Morgan fingerprint density at radius 1 is 1.23 bits per heavy atom. The molecular formula is C18H18BrFN2O3S. The van der Waals surface area contributed by atoms with Gasteiger partial charge in [-0.1, -0.05) is 15.9 Å². The number of hydrogen-bond acceptors (Lipinski definition) is 4. The van der Waals surface area contributed by atoms with Gasteiger partial charge in [-0.3, -0.25) is 0 Å². The number of nitrogens with zero attached hydrogens (tertiary/aromatic N) is 1. The summed E-state index contributed by atoms with van der Waals surface area (Å²) in [6, 6.07) is 10.0. The Labute approximate surface area is 160 Å². The van der Waals surface area contributed by atoms with Crippen molar-refractivity contribution in [1.82, 2.24) is 4.31 Å². The molecule has 0 aliphatic carbocycles. The maximum absolute atomic E-state index is 13.2. The van der Waals surface area contributed by atoms with E-state index >= 15 is 0 Å². The summed E-state index contributed by atoms with van der Waals surface area (Å²) in [6.45, 7) is 0.292. The molecule has 3 atom stereocenters. The fourth-order valence-corrected chi connectivity index (χ4v) is 6.05. The predicted molar refractivity (Wildman–Crippen MR) is 99.8 cm³/mol. The summed E-state index contributed by atoms with van der Waals surface area (Å²) in [7, 11) is -3.77. The second-order valence-electron chi connectivity index (χ2n) is 6.63. The molecule has 1 saturated heterocycles. The van der Waals surface area contributed by atoms with Gasteiger partial charge in [0.1, 0.15) is 5.82 Å². The van der Waals surface area contributed by atoms with Crippen LogP contribution in [0.4, 0.5) is 10.1 Å². The van der Waals surface area contributed by atoms with Crippen molar-refractivity contribution in [2.24, 2.45) is 5.92 Å². The lowest BCUT2D eigenvalue weighted by Crippen LogP contribution is -2.42. The maximum atomic E-state index is 13.2. The van der Waals surface area contributed by atoms with E-state index in [0.29, 0.717) is 13.0 Å². The lowest BCUT2D eigenvalue weighted by atomic mass is 9.84. The van der Waals surface area contributed by atoms with E-state index < -0.39 is 15.8 Å². The zero-order chi connectivity index (χ0) is 18.5. The van der Waals surface area contributed by atoms with E-state index in [1.54, 1.807) is 0 Å². The van der Waals surface area contributed by atoms with Crippen LogP contribution in [0.5, 0.6) is 0 Å². The minimum atomic E-state index is -3.77. The molecular weight excluding hydrogens is 423 g/mol. The van der Waals surface area contributed by atoms with Crippen molar-refractivity contribution in [3.8, 4) is 0 Å². The van der Waals surface area contributed by atoms with Gasteiger partial charge in [-0.2, -0.15) is 4.31 Å². The lowest BCUT2D eigenvalue weighted by Gasteiger charge is -2.38. The summed E-state index contributed by atoms with van der Waals surface area (Å²) < 4.78 is 42.0. The highest BCUT2D eigenvalue weighted by Gasteiger charge is 2.48.